The van der Waals surface area contributed by atoms with Crippen molar-refractivity contribution in [3.05, 3.63) is 53.5 Å². The van der Waals surface area contributed by atoms with Crippen molar-refractivity contribution in [3.8, 4) is 11.3 Å². The van der Waals surface area contributed by atoms with Gasteiger partial charge in [0, 0.05) is 49.4 Å². The standard InChI is InChI=1S/C27H34FN7/c1-18-15-21(5-6-22(18)28)23-16-35(14-13-33-9-2-10-33)26(32-23)20-7-11-34(12-8-20)27-24(19-3-4-19)25(29)30-17-31-27/h5-6,15-17,19-20H,2-4,7-14H2,1H3,(H2,29,30,31). The molecule has 1 saturated carbocycles. The number of hydrogen-bond donors (Lipinski definition) is 1. The van der Waals surface area contributed by atoms with E-state index in [-0.39, 0.29) is 5.82 Å². The Hall–Kier alpha value is -3.00. The summed E-state index contributed by atoms with van der Waals surface area (Å²) in [6.07, 6.45) is 9.48. The van der Waals surface area contributed by atoms with E-state index in [1.165, 1.54) is 32.4 Å². The van der Waals surface area contributed by atoms with Crippen molar-refractivity contribution < 1.29 is 4.39 Å². The van der Waals surface area contributed by atoms with Crippen molar-refractivity contribution in [2.24, 2.45) is 0 Å². The van der Waals surface area contributed by atoms with E-state index in [1.807, 2.05) is 19.1 Å². The molecule has 0 radical (unpaired) electrons. The van der Waals surface area contributed by atoms with Gasteiger partial charge in [0.15, 0.2) is 0 Å². The largest absolute Gasteiger partial charge is 0.383 e. The van der Waals surface area contributed by atoms with Crippen LogP contribution in [0.4, 0.5) is 16.0 Å². The molecule has 3 aliphatic rings. The molecule has 3 fully saturated rings. The first-order valence-corrected chi connectivity index (χ1v) is 13.0. The fourth-order valence-electron chi connectivity index (χ4n) is 5.50. The highest BCUT2D eigenvalue weighted by Gasteiger charge is 2.33. The summed E-state index contributed by atoms with van der Waals surface area (Å²) in [5.74, 6) is 3.57. The van der Waals surface area contributed by atoms with Crippen LogP contribution in [-0.2, 0) is 6.54 Å². The van der Waals surface area contributed by atoms with E-state index in [4.69, 9.17) is 10.7 Å². The van der Waals surface area contributed by atoms with Gasteiger partial charge in [-0.2, -0.15) is 0 Å². The molecule has 3 aromatic rings. The summed E-state index contributed by atoms with van der Waals surface area (Å²) in [5, 5.41) is 0. The molecule has 2 aromatic heterocycles. The van der Waals surface area contributed by atoms with Crippen molar-refractivity contribution in [1.29, 1.82) is 0 Å². The average Bonchev–Trinajstić information content (AvgIpc) is 3.58. The van der Waals surface area contributed by atoms with Gasteiger partial charge in [-0.3, -0.25) is 0 Å². The number of nitrogens with two attached hydrogens (primary N) is 1. The first kappa shape index (κ1) is 22.5. The number of anilines is 2. The van der Waals surface area contributed by atoms with E-state index in [0.29, 0.717) is 23.2 Å². The van der Waals surface area contributed by atoms with Crippen molar-refractivity contribution in [2.45, 2.75) is 57.4 Å². The molecule has 1 aromatic carbocycles. The second-order valence-electron chi connectivity index (χ2n) is 10.4. The molecular formula is C27H34FN7. The number of imidazole rings is 1. The molecule has 2 saturated heterocycles. The topological polar surface area (TPSA) is 76.1 Å². The average molecular weight is 476 g/mol. The smallest absolute Gasteiger partial charge is 0.137 e. The molecule has 2 N–H and O–H groups in total. The first-order chi connectivity index (χ1) is 17.1. The zero-order valence-corrected chi connectivity index (χ0v) is 20.5. The molecule has 184 valence electrons. The minimum atomic E-state index is -0.172. The fraction of sp³-hybridized carbons (Fsp3) is 0.519. The van der Waals surface area contributed by atoms with Gasteiger partial charge in [-0.25, -0.2) is 19.3 Å². The lowest BCUT2D eigenvalue weighted by Gasteiger charge is -2.34. The monoisotopic (exact) mass is 475 g/mol. The van der Waals surface area contributed by atoms with E-state index < -0.39 is 0 Å². The number of nitrogens with zero attached hydrogens (tertiary/aromatic N) is 6. The zero-order chi connectivity index (χ0) is 23.9. The molecule has 0 amide bonds. The van der Waals surface area contributed by atoms with Crippen LogP contribution in [0.5, 0.6) is 0 Å². The summed E-state index contributed by atoms with van der Waals surface area (Å²) < 4.78 is 16.2. The summed E-state index contributed by atoms with van der Waals surface area (Å²) in [6.45, 7) is 8.06. The minimum Gasteiger partial charge on any atom is -0.383 e. The molecule has 0 bridgehead atoms. The summed E-state index contributed by atoms with van der Waals surface area (Å²) in [5.41, 5.74) is 9.97. The lowest BCUT2D eigenvalue weighted by atomic mass is 9.95. The van der Waals surface area contributed by atoms with Crippen LogP contribution >= 0.6 is 0 Å². The van der Waals surface area contributed by atoms with Gasteiger partial charge in [0.25, 0.3) is 0 Å². The highest BCUT2D eigenvalue weighted by atomic mass is 19.1. The van der Waals surface area contributed by atoms with Crippen LogP contribution in [0.25, 0.3) is 11.3 Å². The Balaban J connectivity index is 1.23. The minimum absolute atomic E-state index is 0.172. The second-order valence-corrected chi connectivity index (χ2v) is 10.4. The van der Waals surface area contributed by atoms with E-state index >= 15 is 0 Å². The summed E-state index contributed by atoms with van der Waals surface area (Å²) in [4.78, 5) is 18.9. The maximum atomic E-state index is 13.9. The number of likely N-dealkylation sites (tertiary alicyclic amines) is 1. The van der Waals surface area contributed by atoms with Gasteiger partial charge in [-0.15, -0.1) is 0 Å². The van der Waals surface area contributed by atoms with Gasteiger partial charge in [0.2, 0.25) is 0 Å². The molecule has 0 atom stereocenters. The molecule has 2 aliphatic heterocycles. The molecule has 0 spiro atoms. The van der Waals surface area contributed by atoms with E-state index in [2.05, 4.69) is 30.5 Å². The Bertz CT molecular complexity index is 1210. The number of halogens is 1. The highest BCUT2D eigenvalue weighted by Crippen LogP contribution is 2.46. The van der Waals surface area contributed by atoms with Gasteiger partial charge in [0.05, 0.1) is 5.69 Å². The normalized spacial score (nSPS) is 19.2. The Morgan fingerprint density at radius 2 is 1.80 bits per heavy atom. The number of benzene rings is 1. The summed E-state index contributed by atoms with van der Waals surface area (Å²) in [6, 6.07) is 5.30. The maximum absolute atomic E-state index is 13.9. The van der Waals surface area contributed by atoms with Crippen molar-refractivity contribution in [1.82, 2.24) is 24.4 Å². The van der Waals surface area contributed by atoms with Gasteiger partial charge in [0.1, 0.15) is 29.6 Å². The van der Waals surface area contributed by atoms with Crippen LogP contribution in [0.2, 0.25) is 0 Å². The molecule has 1 aliphatic carbocycles. The molecule has 35 heavy (non-hydrogen) atoms. The van der Waals surface area contributed by atoms with Gasteiger partial charge in [-0.05, 0) is 81.8 Å². The summed E-state index contributed by atoms with van der Waals surface area (Å²) >= 11 is 0. The number of nitrogen functional groups attached to an aromatic ring is 1. The van der Waals surface area contributed by atoms with Crippen LogP contribution in [0.1, 0.15) is 60.9 Å². The number of aryl methyl sites for hydroxylation is 1. The number of piperidine rings is 1. The van der Waals surface area contributed by atoms with Crippen LogP contribution in [0.15, 0.2) is 30.7 Å². The van der Waals surface area contributed by atoms with E-state index in [1.54, 1.807) is 12.4 Å². The predicted octanol–water partition coefficient (Wildman–Crippen LogP) is 4.34. The quantitative estimate of drug-likeness (QED) is 0.548. The first-order valence-electron chi connectivity index (χ1n) is 13.0. The molecular weight excluding hydrogens is 441 g/mol. The number of hydrogen-bond acceptors (Lipinski definition) is 6. The SMILES string of the molecule is Cc1cc(-c2cn(CCN3CCC3)c(C3CCN(c4ncnc(N)c4C4CC4)CC3)n2)ccc1F. The third-order valence-corrected chi connectivity index (χ3v) is 7.91. The Labute approximate surface area is 206 Å². The lowest BCUT2D eigenvalue weighted by Crippen LogP contribution is -2.39. The molecule has 0 unspecified atom stereocenters. The Morgan fingerprint density at radius 1 is 1.00 bits per heavy atom. The number of aromatic nitrogens is 4. The lowest BCUT2D eigenvalue weighted by molar-refractivity contribution is 0.173. The third-order valence-electron chi connectivity index (χ3n) is 7.91. The Morgan fingerprint density at radius 3 is 2.49 bits per heavy atom. The van der Waals surface area contributed by atoms with Gasteiger partial charge in [-0.1, -0.05) is 0 Å². The van der Waals surface area contributed by atoms with Crippen LogP contribution in [0, 0.1) is 12.7 Å². The fourth-order valence-corrected chi connectivity index (χ4v) is 5.50. The maximum Gasteiger partial charge on any atom is 0.137 e. The zero-order valence-electron chi connectivity index (χ0n) is 20.5. The van der Waals surface area contributed by atoms with Gasteiger partial charge < -0.3 is 20.1 Å². The molecule has 7 nitrogen and oxygen atoms in total. The van der Waals surface area contributed by atoms with Crippen molar-refractivity contribution in [3.63, 3.8) is 0 Å². The van der Waals surface area contributed by atoms with Crippen molar-refractivity contribution >= 4 is 11.6 Å². The van der Waals surface area contributed by atoms with E-state index in [9.17, 15) is 4.39 Å². The second kappa shape index (κ2) is 9.22. The van der Waals surface area contributed by atoms with E-state index in [0.717, 1.165) is 67.5 Å². The third kappa shape index (κ3) is 4.51. The summed E-state index contributed by atoms with van der Waals surface area (Å²) in [7, 11) is 0. The molecule has 8 heteroatoms. The van der Waals surface area contributed by atoms with Crippen LogP contribution in [-0.4, -0.2) is 57.1 Å². The van der Waals surface area contributed by atoms with Crippen molar-refractivity contribution in [2.75, 3.05) is 43.4 Å². The molecule has 4 heterocycles. The predicted molar refractivity (Wildman–Crippen MR) is 136 cm³/mol. The highest BCUT2D eigenvalue weighted by molar-refractivity contribution is 5.61. The number of rotatable bonds is 7. The Kier molecular flexibility index (Phi) is 5.92. The van der Waals surface area contributed by atoms with Crippen LogP contribution in [0.3, 0.4) is 0 Å². The molecule has 6 rings (SSSR count). The van der Waals surface area contributed by atoms with Crippen LogP contribution < -0.4 is 10.6 Å². The van der Waals surface area contributed by atoms with Gasteiger partial charge >= 0.3 is 0 Å².